The van der Waals surface area contributed by atoms with Crippen LogP contribution in [0.2, 0.25) is 0 Å². The highest BCUT2D eigenvalue weighted by Crippen LogP contribution is 2.25. The van der Waals surface area contributed by atoms with Gasteiger partial charge in [0.25, 0.3) is 0 Å². The van der Waals surface area contributed by atoms with Crippen molar-refractivity contribution in [3.05, 3.63) is 29.3 Å². The first-order chi connectivity index (χ1) is 12.8. The molecule has 0 bridgehead atoms. The summed E-state index contributed by atoms with van der Waals surface area (Å²) in [4.78, 5) is 6.96. The molecule has 0 saturated carbocycles. The van der Waals surface area contributed by atoms with Gasteiger partial charge in [0.2, 0.25) is 0 Å². The van der Waals surface area contributed by atoms with E-state index in [1.165, 1.54) is 50.0 Å². The molecule has 2 aliphatic rings. The molecule has 0 radical (unpaired) electrons. The lowest BCUT2D eigenvalue weighted by molar-refractivity contribution is 0.185. The second kappa shape index (κ2) is 9.81. The van der Waals surface area contributed by atoms with E-state index in [1.54, 1.807) is 0 Å². The summed E-state index contributed by atoms with van der Waals surface area (Å²) in [5, 5.41) is 6.97. The van der Waals surface area contributed by atoms with E-state index >= 15 is 0 Å². The summed E-state index contributed by atoms with van der Waals surface area (Å²) in [5.74, 6) is 2.74. The number of fused-ring (bicyclic) bond motifs is 1. The van der Waals surface area contributed by atoms with Crippen LogP contribution in [-0.2, 0) is 12.8 Å². The van der Waals surface area contributed by atoms with Gasteiger partial charge in [-0.1, -0.05) is 19.1 Å². The van der Waals surface area contributed by atoms with Gasteiger partial charge >= 0.3 is 0 Å². The van der Waals surface area contributed by atoms with Gasteiger partial charge in [0.1, 0.15) is 5.75 Å². The minimum absolute atomic E-state index is 0.762. The van der Waals surface area contributed by atoms with E-state index in [1.807, 2.05) is 7.05 Å². The van der Waals surface area contributed by atoms with Gasteiger partial charge in [0.15, 0.2) is 5.96 Å². The number of hydrogen-bond acceptors (Lipinski definition) is 3. The normalized spacial score (nSPS) is 18.5. The molecule has 1 aromatic rings. The number of likely N-dealkylation sites (tertiary alicyclic amines) is 1. The molecule has 0 aliphatic carbocycles. The lowest BCUT2D eigenvalue weighted by Gasteiger charge is -2.32. The summed E-state index contributed by atoms with van der Waals surface area (Å²) in [6.07, 6.45) is 5.89. The molecule has 144 valence electrons. The van der Waals surface area contributed by atoms with Crippen molar-refractivity contribution >= 4 is 5.96 Å². The maximum Gasteiger partial charge on any atom is 0.190 e. The van der Waals surface area contributed by atoms with Crippen molar-refractivity contribution in [1.29, 1.82) is 0 Å². The summed E-state index contributed by atoms with van der Waals surface area (Å²) in [6, 6.07) is 6.56. The van der Waals surface area contributed by atoms with E-state index in [0.717, 1.165) is 50.2 Å². The average molecular weight is 359 g/mol. The zero-order valence-electron chi connectivity index (χ0n) is 16.4. The molecule has 0 unspecified atom stereocenters. The minimum Gasteiger partial charge on any atom is -0.493 e. The summed E-state index contributed by atoms with van der Waals surface area (Å²) in [6.45, 7) is 8.75. The van der Waals surface area contributed by atoms with Crippen LogP contribution in [0.15, 0.2) is 23.2 Å². The summed E-state index contributed by atoms with van der Waals surface area (Å²) in [5.41, 5.74) is 2.71. The topological polar surface area (TPSA) is 48.9 Å². The van der Waals surface area contributed by atoms with Crippen LogP contribution in [0.3, 0.4) is 0 Å². The summed E-state index contributed by atoms with van der Waals surface area (Å²) < 4.78 is 5.58. The Morgan fingerprint density at radius 2 is 2.12 bits per heavy atom. The first-order valence-electron chi connectivity index (χ1n) is 10.2. The highest BCUT2D eigenvalue weighted by molar-refractivity contribution is 5.79. The molecule has 1 aromatic carbocycles. The van der Waals surface area contributed by atoms with Crippen LogP contribution in [0.1, 0.15) is 37.3 Å². The Bertz CT molecular complexity index is 594. The molecular formula is C21H34N4O. The number of benzene rings is 1. The van der Waals surface area contributed by atoms with E-state index < -0.39 is 0 Å². The summed E-state index contributed by atoms with van der Waals surface area (Å²) in [7, 11) is 1.85. The van der Waals surface area contributed by atoms with Gasteiger partial charge in [-0.25, -0.2) is 0 Å². The molecule has 2 aliphatic heterocycles. The van der Waals surface area contributed by atoms with E-state index in [-0.39, 0.29) is 0 Å². The number of nitrogens with one attached hydrogen (secondary N) is 2. The van der Waals surface area contributed by atoms with Crippen LogP contribution in [0, 0.1) is 5.92 Å². The molecule has 1 fully saturated rings. The highest BCUT2D eigenvalue weighted by atomic mass is 16.5. The lowest BCUT2D eigenvalue weighted by Crippen LogP contribution is -2.43. The van der Waals surface area contributed by atoms with Gasteiger partial charge in [-0.05, 0) is 68.4 Å². The number of rotatable bonds is 7. The fourth-order valence-corrected chi connectivity index (χ4v) is 3.91. The zero-order valence-corrected chi connectivity index (χ0v) is 16.4. The Morgan fingerprint density at radius 1 is 1.27 bits per heavy atom. The minimum atomic E-state index is 0.762. The Balaban J connectivity index is 1.35. The monoisotopic (exact) mass is 358 g/mol. The van der Waals surface area contributed by atoms with Gasteiger partial charge < -0.3 is 20.3 Å². The molecule has 1 saturated heterocycles. The third-order valence-corrected chi connectivity index (χ3v) is 5.49. The molecule has 0 amide bonds. The first-order valence-corrected chi connectivity index (χ1v) is 10.2. The van der Waals surface area contributed by atoms with Crippen LogP contribution in [-0.4, -0.2) is 57.2 Å². The highest BCUT2D eigenvalue weighted by Gasteiger charge is 2.18. The van der Waals surface area contributed by atoms with Crippen molar-refractivity contribution in [2.45, 2.75) is 39.0 Å². The Morgan fingerprint density at radius 3 is 2.88 bits per heavy atom. The van der Waals surface area contributed by atoms with E-state index in [9.17, 15) is 0 Å². The lowest BCUT2D eigenvalue weighted by atomic mass is 9.97. The van der Waals surface area contributed by atoms with Crippen molar-refractivity contribution in [2.24, 2.45) is 10.9 Å². The number of aliphatic imine (C=N–C) groups is 1. The number of hydrogen-bond donors (Lipinski definition) is 2. The van der Waals surface area contributed by atoms with Gasteiger partial charge in [0, 0.05) is 26.6 Å². The smallest absolute Gasteiger partial charge is 0.190 e. The largest absolute Gasteiger partial charge is 0.493 e. The van der Waals surface area contributed by atoms with E-state index in [0.29, 0.717) is 0 Å². The number of nitrogens with zero attached hydrogens (tertiary/aromatic N) is 2. The quantitative estimate of drug-likeness (QED) is 0.581. The summed E-state index contributed by atoms with van der Waals surface area (Å²) >= 11 is 0. The molecule has 0 aromatic heterocycles. The van der Waals surface area contributed by atoms with E-state index in [4.69, 9.17) is 4.74 Å². The van der Waals surface area contributed by atoms with E-state index in [2.05, 4.69) is 45.6 Å². The predicted octanol–water partition coefficient (Wildman–Crippen LogP) is 2.45. The van der Waals surface area contributed by atoms with Crippen molar-refractivity contribution in [1.82, 2.24) is 15.5 Å². The van der Waals surface area contributed by atoms with Crippen LogP contribution >= 0.6 is 0 Å². The molecule has 0 atom stereocenters. The fraction of sp³-hybridized carbons (Fsp3) is 0.667. The second-order valence-corrected chi connectivity index (χ2v) is 7.46. The number of ether oxygens (including phenoxy) is 1. The van der Waals surface area contributed by atoms with Gasteiger partial charge in [-0.15, -0.1) is 0 Å². The Kier molecular flexibility index (Phi) is 7.18. The third kappa shape index (κ3) is 5.37. The van der Waals surface area contributed by atoms with Crippen molar-refractivity contribution in [3.63, 3.8) is 0 Å². The molecule has 3 rings (SSSR count). The predicted molar refractivity (Wildman–Crippen MR) is 108 cm³/mol. The van der Waals surface area contributed by atoms with Crippen LogP contribution in [0.25, 0.3) is 0 Å². The molecule has 26 heavy (non-hydrogen) atoms. The average Bonchev–Trinajstić information content (AvgIpc) is 3.14. The SMILES string of the molecule is CCCN1CCC(CNC(=NC)NCCc2ccc3c(c2)CCO3)CC1. The van der Waals surface area contributed by atoms with Crippen LogP contribution in [0.5, 0.6) is 5.75 Å². The Hall–Kier alpha value is -1.75. The molecule has 0 spiro atoms. The third-order valence-electron chi connectivity index (χ3n) is 5.49. The first kappa shape index (κ1) is 19.0. The molecule has 2 heterocycles. The molecule has 2 N–H and O–H groups in total. The van der Waals surface area contributed by atoms with Gasteiger partial charge in [0.05, 0.1) is 6.61 Å². The van der Waals surface area contributed by atoms with Gasteiger partial charge in [-0.2, -0.15) is 0 Å². The number of guanidine groups is 1. The second-order valence-electron chi connectivity index (χ2n) is 7.46. The maximum absolute atomic E-state index is 5.58. The molecule has 5 heteroatoms. The van der Waals surface area contributed by atoms with Crippen LogP contribution < -0.4 is 15.4 Å². The van der Waals surface area contributed by atoms with Gasteiger partial charge in [-0.3, -0.25) is 4.99 Å². The van der Waals surface area contributed by atoms with Crippen molar-refractivity contribution < 1.29 is 4.74 Å². The zero-order chi connectivity index (χ0) is 18.2. The maximum atomic E-state index is 5.58. The fourth-order valence-electron chi connectivity index (χ4n) is 3.91. The van der Waals surface area contributed by atoms with Crippen molar-refractivity contribution in [2.75, 3.05) is 46.4 Å². The molecule has 5 nitrogen and oxygen atoms in total. The molecular weight excluding hydrogens is 324 g/mol. The Labute approximate surface area is 158 Å². The number of piperidine rings is 1. The van der Waals surface area contributed by atoms with Crippen molar-refractivity contribution in [3.8, 4) is 5.75 Å². The standard InChI is InChI=1S/C21H34N4O/c1-3-11-25-12-7-18(8-13-25)16-24-21(22-2)23-10-6-17-4-5-20-19(15-17)9-14-26-20/h4-5,15,18H,3,6-14,16H2,1-2H3,(H2,22,23,24). The van der Waals surface area contributed by atoms with Crippen LogP contribution in [0.4, 0.5) is 0 Å².